The van der Waals surface area contributed by atoms with Crippen LogP contribution in [0.4, 0.5) is 5.82 Å². The van der Waals surface area contributed by atoms with E-state index in [9.17, 15) is 14.4 Å². The molecule has 0 atom stereocenters. The van der Waals surface area contributed by atoms with Crippen molar-refractivity contribution in [3.05, 3.63) is 44.9 Å². The quantitative estimate of drug-likeness (QED) is 0.700. The number of nitrogens with zero attached hydrogens (tertiary/aromatic N) is 3. The first-order chi connectivity index (χ1) is 12.9. The summed E-state index contributed by atoms with van der Waals surface area (Å²) in [6.45, 7) is 6.14. The standard InChI is InChI=1S/C18H26N6O3/c1-12(2)9-16(25)21-15-3-6-20-24(15)14-4-7-23(8-5-14)11-13-10-19-18(27)22-17(13)26/h3,6,10,12,14H,4-5,7-9,11H2,1-2H3,(H,21,25)(H2,19,22,26,27). The smallest absolute Gasteiger partial charge is 0.314 e. The van der Waals surface area contributed by atoms with E-state index in [1.165, 1.54) is 6.20 Å². The van der Waals surface area contributed by atoms with E-state index >= 15 is 0 Å². The summed E-state index contributed by atoms with van der Waals surface area (Å²) >= 11 is 0. The van der Waals surface area contributed by atoms with Gasteiger partial charge in [-0.1, -0.05) is 13.8 Å². The van der Waals surface area contributed by atoms with Gasteiger partial charge in [0, 0.05) is 43.9 Å². The minimum Gasteiger partial charge on any atom is -0.314 e. The average molecular weight is 374 g/mol. The fraction of sp³-hybridized carbons (Fsp3) is 0.556. The van der Waals surface area contributed by atoms with E-state index in [1.807, 2.05) is 24.6 Å². The molecule has 9 heteroatoms. The van der Waals surface area contributed by atoms with Crippen molar-refractivity contribution in [2.45, 2.75) is 45.7 Å². The molecule has 1 aliphatic rings. The molecule has 0 aromatic carbocycles. The van der Waals surface area contributed by atoms with Gasteiger partial charge in [0.15, 0.2) is 0 Å². The zero-order valence-corrected chi connectivity index (χ0v) is 15.7. The number of amides is 1. The van der Waals surface area contributed by atoms with Gasteiger partial charge in [-0.2, -0.15) is 5.10 Å². The van der Waals surface area contributed by atoms with Gasteiger partial charge in [-0.15, -0.1) is 0 Å². The monoisotopic (exact) mass is 374 g/mol. The number of piperidine rings is 1. The van der Waals surface area contributed by atoms with Gasteiger partial charge in [0.25, 0.3) is 5.56 Å². The van der Waals surface area contributed by atoms with Crippen LogP contribution in [-0.4, -0.2) is 43.6 Å². The Morgan fingerprint density at radius 2 is 2.07 bits per heavy atom. The van der Waals surface area contributed by atoms with Gasteiger partial charge in [0.2, 0.25) is 5.91 Å². The Hall–Kier alpha value is -2.68. The van der Waals surface area contributed by atoms with E-state index in [0.29, 0.717) is 24.4 Å². The first kappa shape index (κ1) is 19.1. The molecule has 2 aromatic heterocycles. The van der Waals surface area contributed by atoms with Gasteiger partial charge in [-0.25, -0.2) is 9.48 Å². The highest BCUT2D eigenvalue weighted by molar-refractivity contribution is 5.89. The van der Waals surface area contributed by atoms with E-state index in [0.717, 1.165) is 31.7 Å². The normalized spacial score (nSPS) is 16.0. The number of H-pyrrole nitrogens is 2. The van der Waals surface area contributed by atoms with Crippen molar-refractivity contribution in [1.82, 2.24) is 24.6 Å². The molecule has 0 radical (unpaired) electrons. The van der Waals surface area contributed by atoms with Gasteiger partial charge in [0.1, 0.15) is 5.82 Å². The van der Waals surface area contributed by atoms with Crippen LogP contribution in [0.2, 0.25) is 0 Å². The minimum absolute atomic E-state index is 0.00137. The Labute approximate surface area is 156 Å². The molecular weight excluding hydrogens is 348 g/mol. The molecule has 9 nitrogen and oxygen atoms in total. The van der Waals surface area contributed by atoms with Gasteiger partial charge < -0.3 is 10.3 Å². The van der Waals surface area contributed by atoms with Crippen molar-refractivity contribution in [2.24, 2.45) is 5.92 Å². The van der Waals surface area contributed by atoms with Crippen LogP contribution in [0.15, 0.2) is 28.0 Å². The molecule has 0 spiro atoms. The molecule has 0 bridgehead atoms. The Morgan fingerprint density at radius 1 is 1.33 bits per heavy atom. The maximum atomic E-state index is 12.0. The van der Waals surface area contributed by atoms with E-state index < -0.39 is 5.69 Å². The number of likely N-dealkylation sites (tertiary alicyclic amines) is 1. The van der Waals surface area contributed by atoms with Gasteiger partial charge in [-0.05, 0) is 18.8 Å². The maximum Gasteiger partial charge on any atom is 0.325 e. The molecule has 1 saturated heterocycles. The summed E-state index contributed by atoms with van der Waals surface area (Å²) in [5.41, 5.74) is -0.287. The van der Waals surface area contributed by atoms with Gasteiger partial charge in [-0.3, -0.25) is 19.5 Å². The number of aromatic nitrogens is 4. The summed E-state index contributed by atoms with van der Waals surface area (Å²) in [6.07, 6.45) is 5.41. The number of nitrogens with one attached hydrogen (secondary N) is 3. The molecule has 27 heavy (non-hydrogen) atoms. The van der Waals surface area contributed by atoms with Crippen molar-refractivity contribution >= 4 is 11.7 Å². The van der Waals surface area contributed by atoms with E-state index in [4.69, 9.17) is 0 Å². The van der Waals surface area contributed by atoms with Crippen molar-refractivity contribution in [2.75, 3.05) is 18.4 Å². The molecule has 0 aliphatic carbocycles. The molecule has 3 rings (SSSR count). The zero-order valence-electron chi connectivity index (χ0n) is 15.7. The van der Waals surface area contributed by atoms with Crippen molar-refractivity contribution in [3.63, 3.8) is 0 Å². The number of carbonyl (C=O) groups is 1. The largest absolute Gasteiger partial charge is 0.325 e. The fourth-order valence-electron chi connectivity index (χ4n) is 3.39. The SMILES string of the molecule is CC(C)CC(=O)Nc1ccnn1C1CCN(Cc2c[nH]c(=O)[nH]c2=O)CC1. The second-order valence-electron chi connectivity index (χ2n) is 7.41. The molecule has 2 aromatic rings. The molecule has 0 saturated carbocycles. The highest BCUT2D eigenvalue weighted by atomic mass is 16.2. The topological polar surface area (TPSA) is 116 Å². The van der Waals surface area contributed by atoms with Crippen LogP contribution >= 0.6 is 0 Å². The van der Waals surface area contributed by atoms with Crippen LogP contribution in [0.5, 0.6) is 0 Å². The number of hydrogen-bond acceptors (Lipinski definition) is 5. The second-order valence-corrected chi connectivity index (χ2v) is 7.41. The molecule has 3 N–H and O–H groups in total. The summed E-state index contributed by atoms with van der Waals surface area (Å²) in [6, 6.07) is 2.03. The second kappa shape index (κ2) is 8.34. The van der Waals surface area contributed by atoms with Crippen molar-refractivity contribution in [1.29, 1.82) is 0 Å². The summed E-state index contributed by atoms with van der Waals surface area (Å²) in [4.78, 5) is 41.9. The highest BCUT2D eigenvalue weighted by Crippen LogP contribution is 2.26. The number of carbonyl (C=O) groups excluding carboxylic acids is 1. The molecule has 0 unspecified atom stereocenters. The lowest BCUT2D eigenvalue weighted by molar-refractivity contribution is -0.116. The lowest BCUT2D eigenvalue weighted by Gasteiger charge is -2.32. The Balaban J connectivity index is 1.58. The van der Waals surface area contributed by atoms with Gasteiger partial charge >= 0.3 is 5.69 Å². The van der Waals surface area contributed by atoms with Gasteiger partial charge in [0.05, 0.1) is 12.2 Å². The van der Waals surface area contributed by atoms with Crippen LogP contribution in [-0.2, 0) is 11.3 Å². The Kier molecular flexibility index (Phi) is 5.90. The molecule has 1 amide bonds. The van der Waals surface area contributed by atoms with Crippen molar-refractivity contribution in [3.8, 4) is 0 Å². The zero-order chi connectivity index (χ0) is 19.4. The first-order valence-corrected chi connectivity index (χ1v) is 9.29. The molecule has 1 fully saturated rings. The third kappa shape index (κ3) is 4.94. The number of hydrogen-bond donors (Lipinski definition) is 3. The lowest BCUT2D eigenvalue weighted by Crippen LogP contribution is -2.37. The molecule has 3 heterocycles. The molecule has 146 valence electrons. The summed E-state index contributed by atoms with van der Waals surface area (Å²) in [5, 5.41) is 7.35. The van der Waals surface area contributed by atoms with E-state index in [2.05, 4.69) is 25.3 Å². The predicted molar refractivity (Wildman–Crippen MR) is 102 cm³/mol. The third-order valence-electron chi connectivity index (χ3n) is 4.72. The Bertz CT molecular complexity index is 889. The Morgan fingerprint density at radius 3 is 2.74 bits per heavy atom. The summed E-state index contributed by atoms with van der Waals surface area (Å²) in [7, 11) is 0. The maximum absolute atomic E-state index is 12.0. The molecule has 1 aliphatic heterocycles. The fourth-order valence-corrected chi connectivity index (χ4v) is 3.39. The number of anilines is 1. The third-order valence-corrected chi connectivity index (χ3v) is 4.72. The van der Waals surface area contributed by atoms with E-state index in [-0.39, 0.29) is 17.5 Å². The molecular formula is C18H26N6O3. The lowest BCUT2D eigenvalue weighted by atomic mass is 10.0. The van der Waals surface area contributed by atoms with Crippen LogP contribution in [0, 0.1) is 5.92 Å². The van der Waals surface area contributed by atoms with Crippen LogP contribution < -0.4 is 16.6 Å². The average Bonchev–Trinajstić information content (AvgIpc) is 3.05. The predicted octanol–water partition coefficient (Wildman–Crippen LogP) is 1.08. The van der Waals surface area contributed by atoms with Crippen LogP contribution in [0.1, 0.15) is 44.7 Å². The van der Waals surface area contributed by atoms with Crippen molar-refractivity contribution < 1.29 is 4.79 Å². The van der Waals surface area contributed by atoms with E-state index in [1.54, 1.807) is 6.20 Å². The number of aromatic amines is 2. The summed E-state index contributed by atoms with van der Waals surface area (Å²) in [5.74, 6) is 1.04. The highest BCUT2D eigenvalue weighted by Gasteiger charge is 2.23. The van der Waals surface area contributed by atoms with Crippen LogP contribution in [0.3, 0.4) is 0 Å². The van der Waals surface area contributed by atoms with Crippen LogP contribution in [0.25, 0.3) is 0 Å². The minimum atomic E-state index is -0.492. The number of rotatable bonds is 6. The first-order valence-electron chi connectivity index (χ1n) is 9.29. The summed E-state index contributed by atoms with van der Waals surface area (Å²) < 4.78 is 1.89.